The molecule has 2 aliphatic heterocycles. The number of rotatable bonds is 3. The lowest BCUT2D eigenvalue weighted by molar-refractivity contribution is -0.120. The van der Waals surface area contributed by atoms with Gasteiger partial charge in [-0.1, -0.05) is 6.07 Å². The molecule has 8 heteroatoms. The maximum atomic E-state index is 12.4. The van der Waals surface area contributed by atoms with Crippen LogP contribution in [0, 0.1) is 5.92 Å². The molecule has 24 heavy (non-hydrogen) atoms. The average molecular weight is 374 g/mol. The predicted octanol–water partition coefficient (Wildman–Crippen LogP) is 1.97. The van der Waals surface area contributed by atoms with Crippen molar-refractivity contribution in [2.24, 2.45) is 5.92 Å². The number of carbonyl (C=O) groups excluding carboxylic acids is 1. The maximum Gasteiger partial charge on any atom is 0.235 e. The van der Waals surface area contributed by atoms with Crippen LogP contribution in [0.2, 0.25) is 0 Å². The van der Waals surface area contributed by atoms with Gasteiger partial charge in [-0.2, -0.15) is 0 Å². The van der Waals surface area contributed by atoms with E-state index in [1.54, 1.807) is 24.3 Å². The Morgan fingerprint density at radius 3 is 2.83 bits per heavy atom. The zero-order valence-electron chi connectivity index (χ0n) is 13.7. The second-order valence-corrected chi connectivity index (χ2v) is 8.37. The summed E-state index contributed by atoms with van der Waals surface area (Å²) in [7, 11) is -3.20. The predicted molar refractivity (Wildman–Crippen MR) is 98.3 cm³/mol. The van der Waals surface area contributed by atoms with Crippen LogP contribution in [0.5, 0.6) is 0 Å². The van der Waals surface area contributed by atoms with Crippen LogP contribution in [0.1, 0.15) is 26.2 Å². The van der Waals surface area contributed by atoms with Gasteiger partial charge in [-0.05, 0) is 50.9 Å². The fraction of sp³-hybridized carbons (Fsp3) is 0.562. The summed E-state index contributed by atoms with van der Waals surface area (Å²) in [6.45, 7) is 3.44. The Hall–Kier alpha value is -1.31. The first-order valence-electron chi connectivity index (χ1n) is 8.10. The number of sulfonamides is 1. The normalized spacial score (nSPS) is 25.8. The monoisotopic (exact) mass is 373 g/mol. The third kappa shape index (κ3) is 4.20. The molecule has 2 atom stereocenters. The molecule has 1 aromatic carbocycles. The summed E-state index contributed by atoms with van der Waals surface area (Å²) in [5.74, 6) is 0.210. The number of anilines is 2. The molecule has 2 aliphatic rings. The Bertz CT molecular complexity index is 696. The van der Waals surface area contributed by atoms with Gasteiger partial charge >= 0.3 is 0 Å². The Morgan fingerprint density at radius 1 is 1.38 bits per heavy atom. The van der Waals surface area contributed by atoms with Crippen LogP contribution in [0.15, 0.2) is 24.3 Å². The summed E-state index contributed by atoms with van der Waals surface area (Å²) in [4.78, 5) is 12.4. The highest BCUT2D eigenvalue weighted by molar-refractivity contribution is 7.93. The molecule has 0 radical (unpaired) electrons. The number of hydrogen-bond acceptors (Lipinski definition) is 4. The van der Waals surface area contributed by atoms with E-state index in [2.05, 4.69) is 17.6 Å². The number of nitrogens with one attached hydrogen (secondary N) is 2. The van der Waals surface area contributed by atoms with Gasteiger partial charge in [0.1, 0.15) is 0 Å². The van der Waals surface area contributed by atoms with E-state index in [-0.39, 0.29) is 30.0 Å². The maximum absolute atomic E-state index is 12.4. The fourth-order valence-electron chi connectivity index (χ4n) is 3.28. The topological polar surface area (TPSA) is 78.5 Å². The lowest BCUT2D eigenvalue weighted by Crippen LogP contribution is -2.40. The van der Waals surface area contributed by atoms with Crippen LogP contribution in [0.3, 0.4) is 0 Å². The van der Waals surface area contributed by atoms with E-state index in [9.17, 15) is 13.2 Å². The van der Waals surface area contributed by atoms with Crippen molar-refractivity contribution in [3.8, 4) is 0 Å². The van der Waals surface area contributed by atoms with Crippen molar-refractivity contribution >= 4 is 39.7 Å². The smallest absolute Gasteiger partial charge is 0.235 e. The standard InChI is InChI=1S/C16H23N3O3S.ClH/c1-12-10-13(6-7-17-12)16(20)18-14-4-2-5-15(11-14)19-8-3-9-23(19,21)22;/h2,4-5,11-13,17H,3,6-10H2,1H3,(H,18,20);1H/t12-,13-;/m0./s1. The molecule has 0 aliphatic carbocycles. The molecule has 0 saturated carbocycles. The summed E-state index contributed by atoms with van der Waals surface area (Å²) in [5.41, 5.74) is 1.28. The van der Waals surface area contributed by atoms with Gasteiger partial charge in [-0.3, -0.25) is 9.10 Å². The number of hydrogen-bond donors (Lipinski definition) is 2. The van der Waals surface area contributed by atoms with E-state index < -0.39 is 10.0 Å². The van der Waals surface area contributed by atoms with Gasteiger partial charge in [0.15, 0.2) is 0 Å². The molecule has 2 heterocycles. The molecular weight excluding hydrogens is 350 g/mol. The molecule has 0 spiro atoms. The molecule has 0 unspecified atom stereocenters. The summed E-state index contributed by atoms with van der Waals surface area (Å²) >= 11 is 0. The van der Waals surface area contributed by atoms with E-state index in [1.807, 2.05) is 0 Å². The molecular formula is C16H24ClN3O3S. The van der Waals surface area contributed by atoms with Crippen LogP contribution in [0.4, 0.5) is 11.4 Å². The SMILES string of the molecule is C[C@H]1C[C@@H](C(=O)Nc2cccc(N3CCCS3(=O)=O)c2)CCN1.Cl. The van der Waals surface area contributed by atoms with Crippen molar-refractivity contribution in [1.29, 1.82) is 0 Å². The molecule has 3 rings (SSSR count). The van der Waals surface area contributed by atoms with E-state index in [1.165, 1.54) is 4.31 Å². The third-order valence-electron chi connectivity index (χ3n) is 4.50. The third-order valence-corrected chi connectivity index (χ3v) is 6.36. The van der Waals surface area contributed by atoms with Gasteiger partial charge in [0, 0.05) is 24.2 Å². The van der Waals surface area contributed by atoms with E-state index in [4.69, 9.17) is 0 Å². The van der Waals surface area contributed by atoms with Crippen molar-refractivity contribution in [1.82, 2.24) is 5.32 Å². The molecule has 2 N–H and O–H groups in total. The first-order valence-corrected chi connectivity index (χ1v) is 9.71. The van der Waals surface area contributed by atoms with E-state index >= 15 is 0 Å². The lowest BCUT2D eigenvalue weighted by Gasteiger charge is -2.27. The second-order valence-electron chi connectivity index (χ2n) is 6.36. The number of carbonyl (C=O) groups is 1. The zero-order valence-corrected chi connectivity index (χ0v) is 15.3. The lowest BCUT2D eigenvalue weighted by atomic mass is 9.92. The summed E-state index contributed by atoms with van der Waals surface area (Å²) < 4.78 is 25.4. The van der Waals surface area contributed by atoms with Crippen LogP contribution in [-0.2, 0) is 14.8 Å². The van der Waals surface area contributed by atoms with E-state index in [0.717, 1.165) is 19.4 Å². The van der Waals surface area contributed by atoms with E-state index in [0.29, 0.717) is 30.4 Å². The second kappa shape index (κ2) is 7.72. The van der Waals surface area contributed by atoms with Gasteiger partial charge in [0.2, 0.25) is 15.9 Å². The Balaban J connectivity index is 0.00000208. The van der Waals surface area contributed by atoms with Crippen LogP contribution in [-0.4, -0.2) is 39.2 Å². The number of piperidine rings is 1. The number of nitrogens with zero attached hydrogens (tertiary/aromatic N) is 1. The molecule has 2 fully saturated rings. The molecule has 1 aromatic rings. The Labute approximate surface area is 149 Å². The minimum atomic E-state index is -3.20. The summed E-state index contributed by atoms with van der Waals surface area (Å²) in [6.07, 6.45) is 2.30. The largest absolute Gasteiger partial charge is 0.326 e. The minimum absolute atomic E-state index is 0. The molecule has 2 saturated heterocycles. The first-order chi connectivity index (χ1) is 11.0. The Kier molecular flexibility index (Phi) is 6.11. The minimum Gasteiger partial charge on any atom is -0.326 e. The fourth-order valence-corrected chi connectivity index (χ4v) is 4.84. The number of amides is 1. The van der Waals surface area contributed by atoms with Crippen molar-refractivity contribution in [2.45, 2.75) is 32.2 Å². The van der Waals surface area contributed by atoms with Crippen LogP contribution >= 0.6 is 12.4 Å². The molecule has 0 aromatic heterocycles. The summed E-state index contributed by atoms with van der Waals surface area (Å²) in [5, 5.41) is 6.27. The summed E-state index contributed by atoms with van der Waals surface area (Å²) in [6, 6.07) is 7.44. The van der Waals surface area contributed by atoms with Crippen molar-refractivity contribution in [3.63, 3.8) is 0 Å². The molecule has 1 amide bonds. The van der Waals surface area contributed by atoms with Crippen molar-refractivity contribution < 1.29 is 13.2 Å². The van der Waals surface area contributed by atoms with Crippen LogP contribution in [0.25, 0.3) is 0 Å². The number of benzene rings is 1. The molecule has 0 bridgehead atoms. The zero-order chi connectivity index (χ0) is 16.4. The molecule has 6 nitrogen and oxygen atoms in total. The Morgan fingerprint density at radius 2 is 2.17 bits per heavy atom. The molecule has 134 valence electrons. The van der Waals surface area contributed by atoms with Gasteiger partial charge < -0.3 is 10.6 Å². The van der Waals surface area contributed by atoms with Gasteiger partial charge in [-0.25, -0.2) is 8.42 Å². The van der Waals surface area contributed by atoms with Gasteiger partial charge in [0.25, 0.3) is 0 Å². The highest BCUT2D eigenvalue weighted by Crippen LogP contribution is 2.27. The first kappa shape index (κ1) is 19.0. The van der Waals surface area contributed by atoms with Crippen molar-refractivity contribution in [3.05, 3.63) is 24.3 Å². The van der Waals surface area contributed by atoms with Crippen molar-refractivity contribution in [2.75, 3.05) is 28.5 Å². The highest BCUT2D eigenvalue weighted by Gasteiger charge is 2.29. The highest BCUT2D eigenvalue weighted by atomic mass is 35.5. The quantitative estimate of drug-likeness (QED) is 0.849. The van der Waals surface area contributed by atoms with Gasteiger partial charge in [0.05, 0.1) is 11.4 Å². The average Bonchev–Trinajstić information content (AvgIpc) is 2.87. The van der Waals surface area contributed by atoms with Crippen LogP contribution < -0.4 is 14.9 Å². The van der Waals surface area contributed by atoms with Gasteiger partial charge in [-0.15, -0.1) is 12.4 Å². The number of halogens is 1.